The monoisotopic (exact) mass is 806 g/mol. The normalized spacial score (nSPS) is 12.1. The zero-order valence-corrected chi connectivity index (χ0v) is 32.5. The minimum atomic E-state index is -0.831. The first-order chi connectivity index (χ1) is 19.0. The predicted octanol–water partition coefficient (Wildman–Crippen LogP) is 6.36. The summed E-state index contributed by atoms with van der Waals surface area (Å²) in [6.07, 6.45) is 0. The van der Waals surface area contributed by atoms with E-state index in [4.69, 9.17) is 10.2 Å². The molecule has 0 bridgehead atoms. The van der Waals surface area contributed by atoms with E-state index in [1.807, 2.05) is 0 Å². The lowest BCUT2D eigenvalue weighted by molar-refractivity contribution is -0.109. The van der Waals surface area contributed by atoms with Crippen LogP contribution in [-0.4, -0.2) is 117 Å². The van der Waals surface area contributed by atoms with E-state index in [-0.39, 0.29) is 27.2 Å². The highest BCUT2D eigenvalue weighted by molar-refractivity contribution is 8.30. The molecule has 0 rings (SSSR count). The van der Waals surface area contributed by atoms with Gasteiger partial charge in [0.1, 0.15) is 5.75 Å². The molecular formula is C19H34O6S14. The van der Waals surface area contributed by atoms with Crippen molar-refractivity contribution in [1.82, 2.24) is 0 Å². The minimum absolute atomic E-state index is 0.0403. The van der Waals surface area contributed by atoms with Crippen molar-refractivity contribution in [3.63, 3.8) is 0 Å². The van der Waals surface area contributed by atoms with Gasteiger partial charge in [-0.2, -0.15) is 0 Å². The molecule has 39 heavy (non-hydrogen) atoms. The largest absolute Gasteiger partial charge is 0.616 e. The third-order valence-electron chi connectivity index (χ3n) is 3.26. The van der Waals surface area contributed by atoms with E-state index in [0.29, 0.717) is 43.4 Å². The second-order valence-corrected chi connectivity index (χ2v) is 24.1. The molecule has 0 fully saturated rings. The molecule has 0 aromatic rings. The third-order valence-corrected chi connectivity index (χ3v) is 20.2. The molecule has 0 radical (unpaired) electrons. The number of aliphatic hydroxyl groups is 2. The highest BCUT2D eigenvalue weighted by atomic mass is 32.3. The summed E-state index contributed by atoms with van der Waals surface area (Å²) in [5.74, 6) is 3.10. The molecule has 0 aromatic heterocycles. The topological polar surface area (TPSA) is 115 Å². The highest BCUT2D eigenvalue weighted by Crippen LogP contribution is 2.24. The molecule has 0 spiro atoms. The van der Waals surface area contributed by atoms with Gasteiger partial charge < -0.3 is 14.8 Å². The standard InChI is InChI=1S/C19H34O6S14/c20-6-30-13-36-17(22)3-27-9-32-8-26-1-2-39(25)16-35-12-34-15-38-19(24)5-29-11-33-10-28-4-18(23)37-14-31-7-21/h20-21H,1-16H2. The van der Waals surface area contributed by atoms with Crippen molar-refractivity contribution in [3.8, 4) is 0 Å². The van der Waals surface area contributed by atoms with Crippen LogP contribution in [0.1, 0.15) is 0 Å². The fourth-order valence-corrected chi connectivity index (χ4v) is 16.9. The van der Waals surface area contributed by atoms with Crippen LogP contribution in [0.15, 0.2) is 0 Å². The lowest BCUT2D eigenvalue weighted by atomic mass is 10.9. The second-order valence-electron chi connectivity index (χ2n) is 6.19. The van der Waals surface area contributed by atoms with Crippen LogP contribution in [0.2, 0.25) is 0 Å². The van der Waals surface area contributed by atoms with Gasteiger partial charge in [-0.25, -0.2) is 0 Å². The number of aliphatic hydroxyl groups excluding tert-OH is 2. The Morgan fingerprint density at radius 1 is 0.513 bits per heavy atom. The molecule has 230 valence electrons. The van der Waals surface area contributed by atoms with Gasteiger partial charge in [-0.05, 0) is 11.2 Å². The molecule has 0 saturated heterocycles. The fourth-order valence-electron chi connectivity index (χ4n) is 1.69. The van der Waals surface area contributed by atoms with Crippen molar-refractivity contribution in [2.75, 3.05) is 86.4 Å². The molecule has 0 heterocycles. The zero-order valence-electron chi connectivity index (χ0n) is 21.1. The molecule has 1 unspecified atom stereocenters. The Balaban J connectivity index is 3.37. The predicted molar refractivity (Wildman–Crippen MR) is 204 cm³/mol. The maximum absolute atomic E-state index is 12.1. The van der Waals surface area contributed by atoms with E-state index < -0.39 is 11.2 Å². The summed E-state index contributed by atoms with van der Waals surface area (Å²) in [6.45, 7) is 0. The van der Waals surface area contributed by atoms with Gasteiger partial charge in [0.25, 0.3) is 0 Å². The summed E-state index contributed by atoms with van der Waals surface area (Å²) >= 11 is 19.1. The molecule has 20 heteroatoms. The van der Waals surface area contributed by atoms with Crippen LogP contribution in [0.25, 0.3) is 0 Å². The quantitative estimate of drug-likeness (QED) is 0.0496. The van der Waals surface area contributed by atoms with Crippen LogP contribution < -0.4 is 0 Å². The van der Waals surface area contributed by atoms with Crippen LogP contribution in [-0.2, 0) is 25.6 Å². The smallest absolute Gasteiger partial charge is 0.199 e. The van der Waals surface area contributed by atoms with E-state index in [2.05, 4.69) is 0 Å². The van der Waals surface area contributed by atoms with Gasteiger partial charge in [-0.1, -0.05) is 47.0 Å². The van der Waals surface area contributed by atoms with E-state index in [1.54, 1.807) is 94.1 Å². The van der Waals surface area contributed by atoms with Gasteiger partial charge in [-0.3, -0.25) is 14.4 Å². The molecule has 0 amide bonds. The Morgan fingerprint density at radius 3 is 1.36 bits per heavy atom. The molecule has 0 aromatic carbocycles. The summed E-state index contributed by atoms with van der Waals surface area (Å²) in [7, 11) is 0. The van der Waals surface area contributed by atoms with Crippen LogP contribution >= 0.6 is 153 Å². The van der Waals surface area contributed by atoms with Gasteiger partial charge >= 0.3 is 0 Å². The summed E-state index contributed by atoms with van der Waals surface area (Å²) < 4.78 is 12.1. The second kappa shape index (κ2) is 34.7. The number of hydrogen-bond donors (Lipinski definition) is 2. The molecule has 0 aliphatic rings. The van der Waals surface area contributed by atoms with Crippen LogP contribution in [0, 0.1) is 0 Å². The Kier molecular flexibility index (Phi) is 38.0. The van der Waals surface area contributed by atoms with E-state index >= 15 is 0 Å². The van der Waals surface area contributed by atoms with Gasteiger partial charge in [0.05, 0.1) is 29.1 Å². The molecule has 2 N–H and O–H groups in total. The van der Waals surface area contributed by atoms with Gasteiger partial charge in [-0.15, -0.1) is 106 Å². The molecule has 0 aliphatic carbocycles. The lowest BCUT2D eigenvalue weighted by Gasteiger charge is -2.10. The summed E-state index contributed by atoms with van der Waals surface area (Å²) in [6, 6.07) is 0. The highest BCUT2D eigenvalue weighted by Gasteiger charge is 2.08. The van der Waals surface area contributed by atoms with Crippen LogP contribution in [0.4, 0.5) is 0 Å². The van der Waals surface area contributed by atoms with Crippen molar-refractivity contribution >= 4 is 179 Å². The summed E-state index contributed by atoms with van der Waals surface area (Å²) in [5, 5.41) is 24.6. The van der Waals surface area contributed by atoms with Crippen molar-refractivity contribution in [2.45, 2.75) is 0 Å². The van der Waals surface area contributed by atoms with Crippen molar-refractivity contribution in [3.05, 3.63) is 0 Å². The SMILES string of the molecule is O=C(CSCSCSCC[S+]([O-])CSCSCSC(=O)CSCSCSCC(=O)SCSCO)SCSCO. The Bertz CT molecular complexity index is 609. The average molecular weight is 807 g/mol. The summed E-state index contributed by atoms with van der Waals surface area (Å²) in [5.41, 5.74) is 0. The maximum Gasteiger partial charge on any atom is 0.199 e. The van der Waals surface area contributed by atoms with Gasteiger partial charge in [0.2, 0.25) is 0 Å². The molecule has 0 saturated carbocycles. The Labute approximate surface area is 291 Å². The first kappa shape index (κ1) is 42.8. The van der Waals surface area contributed by atoms with E-state index in [1.165, 1.54) is 58.8 Å². The number of hydrogen-bond acceptors (Lipinski definition) is 19. The minimum Gasteiger partial charge on any atom is -0.616 e. The van der Waals surface area contributed by atoms with Crippen molar-refractivity contribution < 1.29 is 29.1 Å². The number of carbonyl (C=O) groups is 3. The average Bonchev–Trinajstić information content (AvgIpc) is 2.91. The van der Waals surface area contributed by atoms with E-state index in [0.717, 1.165) is 31.2 Å². The zero-order chi connectivity index (χ0) is 28.8. The first-order valence-corrected chi connectivity index (χ1v) is 26.8. The fraction of sp³-hybridized carbons (Fsp3) is 0.842. The molecule has 1 atom stereocenters. The Morgan fingerprint density at radius 2 is 0.897 bits per heavy atom. The van der Waals surface area contributed by atoms with Gasteiger partial charge in [0.15, 0.2) is 20.4 Å². The third kappa shape index (κ3) is 34.5. The molecular weight excluding hydrogens is 773 g/mol. The van der Waals surface area contributed by atoms with Crippen LogP contribution in [0.5, 0.6) is 0 Å². The maximum atomic E-state index is 12.1. The van der Waals surface area contributed by atoms with Gasteiger partial charge in [0, 0.05) is 46.4 Å². The first-order valence-electron chi connectivity index (χ1n) is 10.8. The number of carbonyl (C=O) groups excluding carboxylic acids is 3. The van der Waals surface area contributed by atoms with Crippen molar-refractivity contribution in [2.24, 2.45) is 0 Å². The van der Waals surface area contributed by atoms with E-state index in [9.17, 15) is 18.9 Å². The lowest BCUT2D eigenvalue weighted by Crippen LogP contribution is -2.11. The Hall–Kier alpha value is 3.79. The molecule has 0 aliphatic heterocycles. The number of rotatable bonds is 29. The van der Waals surface area contributed by atoms with Crippen LogP contribution in [0.3, 0.4) is 0 Å². The summed E-state index contributed by atoms with van der Waals surface area (Å²) in [4.78, 5) is 35.1. The number of thioether (sulfide) groups is 13. The van der Waals surface area contributed by atoms with Crippen molar-refractivity contribution in [1.29, 1.82) is 0 Å². The molecule has 6 nitrogen and oxygen atoms in total.